The molecule has 0 atom stereocenters. The number of aryl methyl sites for hydroxylation is 1. The highest BCUT2D eigenvalue weighted by atomic mass is 16.6. The van der Waals surface area contributed by atoms with Crippen LogP contribution >= 0.6 is 0 Å². The van der Waals surface area contributed by atoms with Gasteiger partial charge in [0.2, 0.25) is 0 Å². The maximum absolute atomic E-state index is 13.2. The zero-order chi connectivity index (χ0) is 25.5. The molecule has 0 spiro atoms. The van der Waals surface area contributed by atoms with E-state index in [-0.39, 0.29) is 24.5 Å². The van der Waals surface area contributed by atoms with Crippen LogP contribution in [-0.2, 0) is 25.5 Å². The Morgan fingerprint density at radius 1 is 1.17 bits per heavy atom. The Balaban J connectivity index is 2.02. The molecule has 0 unspecified atom stereocenters. The number of anilines is 1. The van der Waals surface area contributed by atoms with E-state index in [9.17, 15) is 19.2 Å². The SMILES string of the molecule is C=CCc1cc(/C=C2\C(=O)NC(=O)N(c3ccccc3C)C2=O)cc(OC)c1OCC(=O)OCC. The van der Waals surface area contributed by atoms with Crippen LogP contribution in [0.4, 0.5) is 10.5 Å². The number of ether oxygens (including phenoxy) is 3. The first kappa shape index (κ1) is 25.2. The minimum Gasteiger partial charge on any atom is -0.493 e. The van der Waals surface area contributed by atoms with Gasteiger partial charge >= 0.3 is 12.0 Å². The number of amides is 4. The molecule has 1 N–H and O–H groups in total. The van der Waals surface area contributed by atoms with Crippen LogP contribution in [0.1, 0.15) is 23.6 Å². The smallest absolute Gasteiger partial charge is 0.344 e. The molecular weight excluding hydrogens is 452 g/mol. The van der Waals surface area contributed by atoms with Crippen LogP contribution < -0.4 is 19.7 Å². The van der Waals surface area contributed by atoms with Crippen LogP contribution in [0.2, 0.25) is 0 Å². The second-order valence-corrected chi connectivity index (χ2v) is 7.54. The fourth-order valence-electron chi connectivity index (χ4n) is 3.58. The average molecular weight is 479 g/mol. The van der Waals surface area contributed by atoms with Crippen LogP contribution in [0.5, 0.6) is 11.5 Å². The Morgan fingerprint density at radius 2 is 1.91 bits per heavy atom. The molecule has 1 saturated heterocycles. The summed E-state index contributed by atoms with van der Waals surface area (Å²) in [7, 11) is 1.43. The Hall–Kier alpha value is -4.40. The topological polar surface area (TPSA) is 111 Å². The Kier molecular flexibility index (Phi) is 8.04. The van der Waals surface area contributed by atoms with Gasteiger partial charge in [0.25, 0.3) is 11.8 Å². The molecule has 1 fully saturated rings. The van der Waals surface area contributed by atoms with E-state index in [1.807, 2.05) is 0 Å². The number of nitrogens with zero attached hydrogens (tertiary/aromatic N) is 1. The highest BCUT2D eigenvalue weighted by Crippen LogP contribution is 2.35. The number of para-hydroxylation sites is 1. The average Bonchev–Trinajstić information content (AvgIpc) is 2.82. The standard InChI is InChI=1S/C26H26N2O7/c1-5-9-18-12-17(14-21(33-4)23(18)35-15-22(29)34-6-2)13-19-24(30)27-26(32)28(25(19)31)20-11-8-7-10-16(20)3/h5,7-8,10-14H,1,6,9,15H2,2-4H3,(H,27,30,32)/b19-13+. The summed E-state index contributed by atoms with van der Waals surface area (Å²) in [4.78, 5) is 51.0. The number of esters is 1. The van der Waals surface area contributed by atoms with E-state index in [2.05, 4.69) is 11.9 Å². The second-order valence-electron chi connectivity index (χ2n) is 7.54. The first-order valence-electron chi connectivity index (χ1n) is 10.9. The van der Waals surface area contributed by atoms with E-state index in [1.54, 1.807) is 56.3 Å². The van der Waals surface area contributed by atoms with Gasteiger partial charge in [0.1, 0.15) is 5.57 Å². The second kappa shape index (κ2) is 11.1. The number of rotatable bonds is 9. The van der Waals surface area contributed by atoms with Crippen molar-refractivity contribution < 1.29 is 33.4 Å². The predicted octanol–water partition coefficient (Wildman–Crippen LogP) is 3.34. The van der Waals surface area contributed by atoms with E-state index in [0.29, 0.717) is 34.5 Å². The van der Waals surface area contributed by atoms with Gasteiger partial charge in [-0.15, -0.1) is 6.58 Å². The zero-order valence-electron chi connectivity index (χ0n) is 19.8. The lowest BCUT2D eigenvalue weighted by Crippen LogP contribution is -2.54. The number of benzene rings is 2. The lowest BCUT2D eigenvalue weighted by Gasteiger charge is -2.27. The summed E-state index contributed by atoms with van der Waals surface area (Å²) >= 11 is 0. The van der Waals surface area contributed by atoms with E-state index < -0.39 is 23.8 Å². The van der Waals surface area contributed by atoms with E-state index in [4.69, 9.17) is 14.2 Å². The van der Waals surface area contributed by atoms with Crippen molar-refractivity contribution >= 4 is 35.6 Å². The summed E-state index contributed by atoms with van der Waals surface area (Å²) in [5.74, 6) is -1.48. The third-order valence-corrected chi connectivity index (χ3v) is 5.15. The number of nitrogens with one attached hydrogen (secondary N) is 1. The zero-order valence-corrected chi connectivity index (χ0v) is 19.8. The normalized spacial score (nSPS) is 14.5. The number of imide groups is 2. The summed E-state index contributed by atoms with van der Waals surface area (Å²) < 4.78 is 16.0. The van der Waals surface area contributed by atoms with Crippen molar-refractivity contribution in [2.75, 3.05) is 25.2 Å². The van der Waals surface area contributed by atoms with Crippen LogP contribution in [0.15, 0.2) is 54.6 Å². The van der Waals surface area contributed by atoms with E-state index >= 15 is 0 Å². The number of methoxy groups -OCH3 is 1. The quantitative estimate of drug-likeness (QED) is 0.255. The maximum Gasteiger partial charge on any atom is 0.344 e. The lowest BCUT2D eigenvalue weighted by atomic mass is 10.0. The first-order valence-corrected chi connectivity index (χ1v) is 10.9. The van der Waals surface area contributed by atoms with Crippen LogP contribution in [0.3, 0.4) is 0 Å². The molecule has 0 aromatic heterocycles. The molecule has 0 saturated carbocycles. The van der Waals surface area contributed by atoms with Crippen LogP contribution in [-0.4, -0.2) is 44.1 Å². The number of barbiturate groups is 1. The molecule has 0 aliphatic carbocycles. The van der Waals surface area contributed by atoms with Gasteiger partial charge in [-0.05, 0) is 55.7 Å². The van der Waals surface area contributed by atoms with Crippen molar-refractivity contribution in [3.05, 3.63) is 71.3 Å². The molecule has 2 aromatic carbocycles. The van der Waals surface area contributed by atoms with E-state index in [0.717, 1.165) is 4.90 Å². The molecule has 1 aliphatic rings. The number of carbonyl (C=O) groups is 4. The minimum absolute atomic E-state index is 0.223. The number of urea groups is 1. The summed E-state index contributed by atoms with van der Waals surface area (Å²) in [5, 5.41) is 2.22. The van der Waals surface area contributed by atoms with Gasteiger partial charge < -0.3 is 14.2 Å². The third-order valence-electron chi connectivity index (χ3n) is 5.15. The molecule has 4 amide bonds. The molecule has 0 radical (unpaired) electrons. The number of hydrogen-bond donors (Lipinski definition) is 1. The number of hydrogen-bond acceptors (Lipinski definition) is 7. The Bertz CT molecular complexity index is 1220. The van der Waals surface area contributed by atoms with Crippen molar-refractivity contribution in [1.29, 1.82) is 0 Å². The minimum atomic E-state index is -0.820. The lowest BCUT2D eigenvalue weighted by molar-refractivity contribution is -0.145. The van der Waals surface area contributed by atoms with Crippen molar-refractivity contribution in [2.45, 2.75) is 20.3 Å². The van der Waals surface area contributed by atoms with Crippen molar-refractivity contribution in [3.8, 4) is 11.5 Å². The predicted molar refractivity (Wildman–Crippen MR) is 129 cm³/mol. The van der Waals surface area contributed by atoms with E-state index in [1.165, 1.54) is 13.2 Å². The van der Waals surface area contributed by atoms with Gasteiger partial charge in [-0.3, -0.25) is 14.9 Å². The highest BCUT2D eigenvalue weighted by molar-refractivity contribution is 6.39. The molecule has 35 heavy (non-hydrogen) atoms. The van der Waals surface area contributed by atoms with Crippen LogP contribution in [0.25, 0.3) is 6.08 Å². The third kappa shape index (κ3) is 5.57. The van der Waals surface area contributed by atoms with Crippen molar-refractivity contribution in [1.82, 2.24) is 5.32 Å². The molecule has 1 aliphatic heterocycles. The van der Waals surface area contributed by atoms with Crippen molar-refractivity contribution in [2.24, 2.45) is 0 Å². The van der Waals surface area contributed by atoms with Crippen molar-refractivity contribution in [3.63, 3.8) is 0 Å². The van der Waals surface area contributed by atoms with Gasteiger partial charge in [-0.2, -0.15) is 0 Å². The summed E-state index contributed by atoms with van der Waals surface area (Å²) in [6.07, 6.45) is 3.37. The summed E-state index contributed by atoms with van der Waals surface area (Å²) in [6, 6.07) is 9.30. The van der Waals surface area contributed by atoms with Gasteiger partial charge in [0.15, 0.2) is 18.1 Å². The molecule has 2 aromatic rings. The summed E-state index contributed by atoms with van der Waals surface area (Å²) in [5.41, 5.74) is 1.93. The molecule has 3 rings (SSSR count). The monoisotopic (exact) mass is 478 g/mol. The fraction of sp³-hybridized carbons (Fsp3) is 0.231. The molecular formula is C26H26N2O7. The maximum atomic E-state index is 13.2. The molecule has 0 bridgehead atoms. The fourth-order valence-corrected chi connectivity index (χ4v) is 3.58. The number of allylic oxidation sites excluding steroid dienone is 1. The Labute approximate surface area is 203 Å². The summed E-state index contributed by atoms with van der Waals surface area (Å²) in [6.45, 7) is 7.11. The highest BCUT2D eigenvalue weighted by Gasteiger charge is 2.37. The van der Waals surface area contributed by atoms with Gasteiger partial charge in [-0.1, -0.05) is 24.3 Å². The largest absolute Gasteiger partial charge is 0.493 e. The molecule has 9 nitrogen and oxygen atoms in total. The van der Waals surface area contributed by atoms with Gasteiger partial charge in [-0.25, -0.2) is 14.5 Å². The number of carbonyl (C=O) groups excluding carboxylic acids is 4. The van der Waals surface area contributed by atoms with Gasteiger partial charge in [0, 0.05) is 5.56 Å². The molecule has 1 heterocycles. The van der Waals surface area contributed by atoms with Gasteiger partial charge in [0.05, 0.1) is 19.4 Å². The molecule has 182 valence electrons. The Morgan fingerprint density at radius 3 is 2.57 bits per heavy atom. The first-order chi connectivity index (χ1) is 16.8. The molecule has 9 heteroatoms. The van der Waals surface area contributed by atoms with Crippen LogP contribution in [0, 0.1) is 6.92 Å².